The quantitative estimate of drug-likeness (QED) is 0.337. The second-order valence-corrected chi connectivity index (χ2v) is 10.8. The zero-order chi connectivity index (χ0) is 30.8. The molecule has 2 aliphatic heterocycles. The highest BCUT2D eigenvalue weighted by Crippen LogP contribution is 2.35. The predicted molar refractivity (Wildman–Crippen MR) is 157 cm³/mol. The van der Waals surface area contributed by atoms with E-state index in [0.717, 1.165) is 58.5 Å². The third kappa shape index (κ3) is 6.18. The summed E-state index contributed by atoms with van der Waals surface area (Å²) in [5.41, 5.74) is 7.06. The number of rotatable bonds is 7. The van der Waals surface area contributed by atoms with Gasteiger partial charge in [-0.25, -0.2) is 14.5 Å². The number of halogens is 3. The number of pyridine rings is 1. The minimum absolute atomic E-state index is 0.101. The largest absolute Gasteiger partial charge is 0.496 e. The fraction of sp³-hybridized carbons (Fsp3) is 0.400. The number of nitrogens with two attached hydrogens (primary N) is 1. The van der Waals surface area contributed by atoms with E-state index in [1.165, 1.54) is 17.8 Å². The number of methoxy groups -OCH3 is 1. The molecule has 0 saturated carbocycles. The molecule has 0 unspecified atom stereocenters. The number of nitrogen functional groups attached to an aromatic ring is 1. The number of anilines is 1. The molecule has 0 radical (unpaired) electrons. The number of fused-ring (bicyclic) bond motifs is 1. The third-order valence-corrected chi connectivity index (χ3v) is 8.11. The lowest BCUT2D eigenvalue weighted by Gasteiger charge is -2.36. The van der Waals surface area contributed by atoms with Crippen molar-refractivity contribution in [3.63, 3.8) is 0 Å². The lowest BCUT2D eigenvalue weighted by Crippen LogP contribution is -2.51. The van der Waals surface area contributed by atoms with Crippen LogP contribution >= 0.6 is 0 Å². The van der Waals surface area contributed by atoms with E-state index in [9.17, 15) is 18.0 Å². The van der Waals surface area contributed by atoms with Gasteiger partial charge in [0.1, 0.15) is 11.6 Å². The molecule has 6 rings (SSSR count). The van der Waals surface area contributed by atoms with E-state index in [1.807, 2.05) is 4.90 Å². The zero-order valence-corrected chi connectivity index (χ0v) is 24.3. The van der Waals surface area contributed by atoms with E-state index in [0.29, 0.717) is 41.3 Å². The number of alkyl halides is 3. The number of carbonyl (C=O) groups excluding carboxylic acids is 1. The van der Waals surface area contributed by atoms with Crippen LogP contribution in [0.15, 0.2) is 48.8 Å². The molecule has 3 aromatic heterocycles. The Morgan fingerprint density at radius 2 is 1.66 bits per heavy atom. The van der Waals surface area contributed by atoms with E-state index in [1.54, 1.807) is 36.5 Å². The molecule has 0 spiro atoms. The second-order valence-electron chi connectivity index (χ2n) is 10.8. The van der Waals surface area contributed by atoms with Gasteiger partial charge < -0.3 is 20.1 Å². The SMILES string of the molecule is COc1cc(-c2cnc3ccc(-c4cnc(N)c(C(F)(F)F)c4)nn23)ccc1C(=O)N1CCN(CCN2CCOCC2)CC1. The highest BCUT2D eigenvalue weighted by molar-refractivity contribution is 5.97. The number of nitrogens with zero attached hydrogens (tertiary/aromatic N) is 7. The lowest BCUT2D eigenvalue weighted by molar-refractivity contribution is -0.137. The van der Waals surface area contributed by atoms with Crippen molar-refractivity contribution < 1.29 is 27.4 Å². The molecule has 2 saturated heterocycles. The Labute approximate surface area is 252 Å². The fourth-order valence-electron chi connectivity index (χ4n) is 5.55. The number of aromatic nitrogens is 4. The first-order valence-electron chi connectivity index (χ1n) is 14.4. The molecule has 4 aromatic rings. The van der Waals surface area contributed by atoms with Gasteiger partial charge in [0.05, 0.1) is 49.0 Å². The average molecular weight is 611 g/mol. The molecule has 0 bridgehead atoms. The molecular formula is C30H33F3N8O3. The monoisotopic (exact) mass is 610 g/mol. The van der Waals surface area contributed by atoms with Crippen LogP contribution in [-0.2, 0) is 10.9 Å². The molecule has 14 heteroatoms. The molecule has 2 aliphatic rings. The molecule has 0 atom stereocenters. The maximum atomic E-state index is 13.5. The second kappa shape index (κ2) is 12.4. The van der Waals surface area contributed by atoms with Gasteiger partial charge in [-0.05, 0) is 30.3 Å². The Kier molecular flexibility index (Phi) is 8.38. The van der Waals surface area contributed by atoms with Crippen molar-refractivity contribution >= 4 is 17.4 Å². The van der Waals surface area contributed by atoms with Crippen molar-refractivity contribution in [2.24, 2.45) is 0 Å². The van der Waals surface area contributed by atoms with E-state index in [-0.39, 0.29) is 17.2 Å². The van der Waals surface area contributed by atoms with Crippen LogP contribution in [0.25, 0.3) is 28.2 Å². The van der Waals surface area contributed by atoms with Crippen LogP contribution in [0.4, 0.5) is 19.0 Å². The van der Waals surface area contributed by atoms with Crippen molar-refractivity contribution in [1.29, 1.82) is 0 Å². The highest BCUT2D eigenvalue weighted by atomic mass is 19.4. The number of amides is 1. The molecule has 2 N–H and O–H groups in total. The standard InChI is InChI=1S/C30H33F3N8O3/c1-43-26-17-20(2-3-22(26)29(42)40-10-8-38(9-11-40)6-7-39-12-14-44-15-13-39)25-19-35-27-5-4-24(37-41(25)27)21-16-23(30(31,32)33)28(34)36-18-21/h2-5,16-19H,6-15H2,1H3,(H2,34,36). The number of hydrogen-bond donors (Lipinski definition) is 1. The maximum Gasteiger partial charge on any atom is 0.419 e. The van der Waals surface area contributed by atoms with Gasteiger partial charge in [-0.3, -0.25) is 14.6 Å². The van der Waals surface area contributed by atoms with Crippen LogP contribution in [0, 0.1) is 0 Å². The van der Waals surface area contributed by atoms with Crippen molar-refractivity contribution in [2.45, 2.75) is 6.18 Å². The molecule has 44 heavy (non-hydrogen) atoms. The topological polar surface area (TPSA) is 114 Å². The molecular weight excluding hydrogens is 577 g/mol. The first kappa shape index (κ1) is 29.8. The van der Waals surface area contributed by atoms with E-state index < -0.39 is 17.6 Å². The van der Waals surface area contributed by atoms with Gasteiger partial charge >= 0.3 is 6.18 Å². The first-order chi connectivity index (χ1) is 21.2. The molecule has 11 nitrogen and oxygen atoms in total. The van der Waals surface area contributed by atoms with Gasteiger partial charge in [-0.2, -0.15) is 18.3 Å². The number of hydrogen-bond acceptors (Lipinski definition) is 9. The predicted octanol–water partition coefficient (Wildman–Crippen LogP) is 3.16. The van der Waals surface area contributed by atoms with Crippen molar-refractivity contribution in [1.82, 2.24) is 34.3 Å². The Hall–Kier alpha value is -4.27. The van der Waals surface area contributed by atoms with E-state index in [4.69, 9.17) is 15.2 Å². The number of piperazine rings is 1. The molecule has 1 aromatic carbocycles. The Morgan fingerprint density at radius 1 is 0.932 bits per heavy atom. The number of ether oxygens (including phenoxy) is 2. The highest BCUT2D eigenvalue weighted by Gasteiger charge is 2.34. The van der Waals surface area contributed by atoms with E-state index in [2.05, 4.69) is 24.9 Å². The summed E-state index contributed by atoms with van der Waals surface area (Å²) in [6.45, 7) is 8.32. The number of benzene rings is 1. The van der Waals surface area contributed by atoms with Crippen molar-refractivity contribution in [3.8, 4) is 28.3 Å². The Morgan fingerprint density at radius 3 is 2.36 bits per heavy atom. The lowest BCUT2D eigenvalue weighted by atomic mass is 10.1. The average Bonchev–Trinajstić information content (AvgIpc) is 3.47. The van der Waals surface area contributed by atoms with Gasteiger partial charge in [-0.1, -0.05) is 6.07 Å². The van der Waals surface area contributed by atoms with Crippen LogP contribution in [-0.4, -0.2) is 113 Å². The molecule has 232 valence electrons. The van der Waals surface area contributed by atoms with Crippen molar-refractivity contribution in [3.05, 3.63) is 59.9 Å². The van der Waals surface area contributed by atoms with Crippen molar-refractivity contribution in [2.75, 3.05) is 78.4 Å². The summed E-state index contributed by atoms with van der Waals surface area (Å²) in [5, 5.41) is 4.55. The summed E-state index contributed by atoms with van der Waals surface area (Å²) in [6, 6.07) is 9.43. The zero-order valence-electron chi connectivity index (χ0n) is 24.3. The normalized spacial score (nSPS) is 16.9. The third-order valence-electron chi connectivity index (χ3n) is 8.11. The minimum atomic E-state index is -4.65. The van der Waals surface area contributed by atoms with Gasteiger partial charge in [0, 0.05) is 69.7 Å². The fourth-order valence-corrected chi connectivity index (χ4v) is 5.55. The van der Waals surface area contributed by atoms with Crippen LogP contribution in [0.2, 0.25) is 0 Å². The number of imidazole rings is 1. The van der Waals surface area contributed by atoms with Gasteiger partial charge in [-0.15, -0.1) is 0 Å². The van der Waals surface area contributed by atoms with Gasteiger partial charge in [0.2, 0.25) is 0 Å². The summed E-state index contributed by atoms with van der Waals surface area (Å²) in [4.78, 5) is 28.3. The smallest absolute Gasteiger partial charge is 0.419 e. The molecule has 0 aliphatic carbocycles. The summed E-state index contributed by atoms with van der Waals surface area (Å²) >= 11 is 0. The summed E-state index contributed by atoms with van der Waals surface area (Å²) in [6.07, 6.45) is -1.78. The summed E-state index contributed by atoms with van der Waals surface area (Å²) in [7, 11) is 1.51. The summed E-state index contributed by atoms with van der Waals surface area (Å²) in [5.74, 6) is -0.292. The Bertz CT molecular complexity index is 1650. The first-order valence-corrected chi connectivity index (χ1v) is 14.4. The number of morpholine rings is 1. The summed E-state index contributed by atoms with van der Waals surface area (Å²) < 4.78 is 52.9. The van der Waals surface area contributed by atoms with Crippen LogP contribution < -0.4 is 10.5 Å². The van der Waals surface area contributed by atoms with Gasteiger partial charge in [0.15, 0.2) is 5.65 Å². The molecule has 2 fully saturated rings. The molecule has 5 heterocycles. The molecule has 1 amide bonds. The van der Waals surface area contributed by atoms with Crippen LogP contribution in [0.1, 0.15) is 15.9 Å². The van der Waals surface area contributed by atoms with Crippen LogP contribution in [0.3, 0.4) is 0 Å². The minimum Gasteiger partial charge on any atom is -0.496 e. The number of carbonyl (C=O) groups is 1. The van der Waals surface area contributed by atoms with Gasteiger partial charge in [0.25, 0.3) is 5.91 Å². The van der Waals surface area contributed by atoms with E-state index >= 15 is 0 Å². The van der Waals surface area contributed by atoms with Crippen LogP contribution in [0.5, 0.6) is 5.75 Å². The Balaban J connectivity index is 1.19. The maximum absolute atomic E-state index is 13.5.